The van der Waals surface area contributed by atoms with Crippen molar-refractivity contribution in [1.82, 2.24) is 4.98 Å². The summed E-state index contributed by atoms with van der Waals surface area (Å²) >= 11 is 0. The Kier molecular flexibility index (Phi) is 2.68. The van der Waals surface area contributed by atoms with E-state index in [1.807, 2.05) is 25.1 Å². The van der Waals surface area contributed by atoms with E-state index in [2.05, 4.69) is 4.98 Å². The monoisotopic (exact) mass is 269 g/mol. The molecule has 20 heavy (non-hydrogen) atoms. The van der Waals surface area contributed by atoms with E-state index in [1.165, 1.54) is 12.1 Å². The van der Waals surface area contributed by atoms with Crippen molar-refractivity contribution in [2.24, 2.45) is 0 Å². The molecule has 5 heteroatoms. The minimum atomic E-state index is -0.230. The number of rotatable bonds is 2. The maximum Gasteiger partial charge on any atom is 0.231 e. The summed E-state index contributed by atoms with van der Waals surface area (Å²) in [6.45, 7) is 1.93. The third kappa shape index (κ3) is 1.89. The molecule has 1 aromatic heterocycles. The minimum Gasteiger partial charge on any atom is -0.507 e. The molecule has 3 rings (SSSR count). The molecule has 0 saturated heterocycles. The second-order valence-electron chi connectivity index (χ2n) is 4.54. The smallest absolute Gasteiger partial charge is 0.231 e. The summed E-state index contributed by atoms with van der Waals surface area (Å²) in [6, 6.07) is 7.99. The minimum absolute atomic E-state index is 0.0122. The average molecular weight is 269 g/mol. The van der Waals surface area contributed by atoms with Crippen molar-refractivity contribution in [1.29, 1.82) is 0 Å². The zero-order valence-corrected chi connectivity index (χ0v) is 10.6. The normalized spacial score (nSPS) is 10.8. The van der Waals surface area contributed by atoms with E-state index in [4.69, 9.17) is 4.42 Å². The van der Waals surface area contributed by atoms with Crippen molar-refractivity contribution in [2.75, 3.05) is 0 Å². The standard InChI is InChI=1S/C15H11NO4/c1-8-2-3-11-14(4-8)20-15(16-11)10-6-12(18)9(7-17)5-13(10)19/h2-7,18-19H,1H3. The fourth-order valence-electron chi connectivity index (χ4n) is 2.01. The predicted octanol–water partition coefficient (Wildman–Crippen LogP) is 3.03. The maximum absolute atomic E-state index is 10.7. The van der Waals surface area contributed by atoms with Crippen molar-refractivity contribution in [2.45, 2.75) is 6.92 Å². The van der Waals surface area contributed by atoms with Crippen molar-refractivity contribution >= 4 is 17.4 Å². The molecule has 0 aliphatic heterocycles. The molecule has 0 amide bonds. The Morgan fingerprint density at radius 3 is 2.70 bits per heavy atom. The van der Waals surface area contributed by atoms with Crippen LogP contribution in [0.15, 0.2) is 34.7 Å². The summed E-state index contributed by atoms with van der Waals surface area (Å²) in [5.41, 5.74) is 2.53. The third-order valence-corrected chi connectivity index (χ3v) is 3.05. The van der Waals surface area contributed by atoms with Gasteiger partial charge < -0.3 is 14.6 Å². The van der Waals surface area contributed by atoms with Crippen LogP contribution in [0.3, 0.4) is 0 Å². The number of hydrogen-bond donors (Lipinski definition) is 2. The molecule has 0 aliphatic rings. The predicted molar refractivity (Wildman–Crippen MR) is 72.9 cm³/mol. The molecule has 0 unspecified atom stereocenters. The molecule has 100 valence electrons. The van der Waals surface area contributed by atoms with Crippen LogP contribution in [0.2, 0.25) is 0 Å². The van der Waals surface area contributed by atoms with Gasteiger partial charge in [-0.05, 0) is 36.8 Å². The Morgan fingerprint density at radius 2 is 1.95 bits per heavy atom. The SMILES string of the molecule is Cc1ccc2nc(-c3cc(O)c(C=O)cc3O)oc2c1. The number of hydrogen-bond acceptors (Lipinski definition) is 5. The fourth-order valence-corrected chi connectivity index (χ4v) is 2.01. The molecule has 2 aromatic carbocycles. The van der Waals surface area contributed by atoms with Gasteiger partial charge in [0, 0.05) is 0 Å². The Morgan fingerprint density at radius 1 is 1.15 bits per heavy atom. The van der Waals surface area contributed by atoms with Gasteiger partial charge in [-0.3, -0.25) is 4.79 Å². The topological polar surface area (TPSA) is 83.6 Å². The largest absolute Gasteiger partial charge is 0.507 e. The molecule has 2 N–H and O–H groups in total. The zero-order chi connectivity index (χ0) is 14.3. The van der Waals surface area contributed by atoms with E-state index in [-0.39, 0.29) is 28.5 Å². The molecule has 0 radical (unpaired) electrons. The molecular formula is C15H11NO4. The number of phenolic OH excluding ortho intramolecular Hbond substituents is 2. The number of aldehydes is 1. The van der Waals surface area contributed by atoms with E-state index in [0.717, 1.165) is 5.56 Å². The van der Waals surface area contributed by atoms with Gasteiger partial charge in [0.05, 0.1) is 11.1 Å². The first-order valence-electron chi connectivity index (χ1n) is 5.97. The van der Waals surface area contributed by atoms with Crippen LogP contribution in [0.1, 0.15) is 15.9 Å². The molecule has 3 aromatic rings. The number of aromatic nitrogens is 1. The van der Waals surface area contributed by atoms with Gasteiger partial charge in [0.2, 0.25) is 5.89 Å². The average Bonchev–Trinajstić information content (AvgIpc) is 2.83. The summed E-state index contributed by atoms with van der Waals surface area (Å²) in [5, 5.41) is 19.6. The highest BCUT2D eigenvalue weighted by Crippen LogP contribution is 2.35. The Hall–Kier alpha value is -2.82. The van der Waals surface area contributed by atoms with Gasteiger partial charge in [-0.25, -0.2) is 4.98 Å². The van der Waals surface area contributed by atoms with Crippen LogP contribution in [0.5, 0.6) is 11.5 Å². The number of nitrogens with zero attached hydrogens (tertiary/aromatic N) is 1. The highest BCUT2D eigenvalue weighted by molar-refractivity contribution is 5.84. The van der Waals surface area contributed by atoms with Gasteiger partial charge in [-0.1, -0.05) is 6.07 Å². The molecule has 0 fully saturated rings. The number of carbonyl (C=O) groups is 1. The number of aryl methyl sites for hydroxylation is 1. The van der Waals surface area contributed by atoms with E-state index in [1.54, 1.807) is 0 Å². The van der Waals surface area contributed by atoms with Crippen molar-refractivity contribution in [3.8, 4) is 23.0 Å². The second-order valence-corrected chi connectivity index (χ2v) is 4.54. The van der Waals surface area contributed by atoms with Crippen LogP contribution in [-0.4, -0.2) is 21.5 Å². The lowest BCUT2D eigenvalue weighted by atomic mass is 10.1. The van der Waals surface area contributed by atoms with Gasteiger partial charge in [-0.15, -0.1) is 0 Å². The summed E-state index contributed by atoms with van der Waals surface area (Å²) in [4.78, 5) is 15.0. The van der Waals surface area contributed by atoms with Crippen LogP contribution >= 0.6 is 0 Å². The molecule has 0 spiro atoms. The first-order chi connectivity index (χ1) is 9.58. The highest BCUT2D eigenvalue weighted by Gasteiger charge is 2.15. The van der Waals surface area contributed by atoms with Crippen LogP contribution in [-0.2, 0) is 0 Å². The van der Waals surface area contributed by atoms with E-state index in [9.17, 15) is 15.0 Å². The van der Waals surface area contributed by atoms with Gasteiger partial charge in [0.25, 0.3) is 0 Å². The van der Waals surface area contributed by atoms with Gasteiger partial charge in [0.15, 0.2) is 11.9 Å². The maximum atomic E-state index is 10.7. The number of phenols is 2. The first-order valence-corrected chi connectivity index (χ1v) is 5.97. The molecule has 0 aliphatic carbocycles. The molecule has 1 heterocycles. The van der Waals surface area contributed by atoms with Crippen LogP contribution in [0.4, 0.5) is 0 Å². The number of benzene rings is 2. The lowest BCUT2D eigenvalue weighted by Crippen LogP contribution is -1.85. The molecule has 0 atom stereocenters. The van der Waals surface area contributed by atoms with Gasteiger partial charge in [0.1, 0.15) is 17.0 Å². The fraction of sp³-hybridized carbons (Fsp3) is 0.0667. The lowest BCUT2D eigenvalue weighted by molar-refractivity contribution is 0.112. The van der Waals surface area contributed by atoms with Crippen molar-refractivity contribution < 1.29 is 19.4 Å². The Balaban J connectivity index is 2.20. The first kappa shape index (κ1) is 12.2. The zero-order valence-electron chi connectivity index (χ0n) is 10.6. The molecule has 5 nitrogen and oxygen atoms in total. The Labute approximate surface area is 114 Å². The van der Waals surface area contributed by atoms with E-state index in [0.29, 0.717) is 17.4 Å². The Bertz CT molecular complexity index is 820. The lowest BCUT2D eigenvalue weighted by Gasteiger charge is -2.03. The molecule has 0 saturated carbocycles. The number of aromatic hydroxyl groups is 2. The number of oxazole rings is 1. The van der Waals surface area contributed by atoms with Gasteiger partial charge in [-0.2, -0.15) is 0 Å². The molecular weight excluding hydrogens is 258 g/mol. The van der Waals surface area contributed by atoms with E-state index >= 15 is 0 Å². The van der Waals surface area contributed by atoms with Gasteiger partial charge >= 0.3 is 0 Å². The highest BCUT2D eigenvalue weighted by atomic mass is 16.3. The van der Waals surface area contributed by atoms with Crippen LogP contribution in [0.25, 0.3) is 22.6 Å². The quantitative estimate of drug-likeness (QED) is 0.552. The van der Waals surface area contributed by atoms with Crippen molar-refractivity contribution in [3.63, 3.8) is 0 Å². The van der Waals surface area contributed by atoms with E-state index < -0.39 is 0 Å². The van der Waals surface area contributed by atoms with Crippen LogP contribution in [0, 0.1) is 6.92 Å². The molecule has 0 bridgehead atoms. The second kappa shape index (κ2) is 4.38. The summed E-state index contributed by atoms with van der Waals surface area (Å²) in [7, 11) is 0. The number of carbonyl (C=O) groups excluding carboxylic acids is 1. The summed E-state index contributed by atoms with van der Waals surface area (Å²) in [5.74, 6) is -0.213. The summed E-state index contributed by atoms with van der Waals surface area (Å²) < 4.78 is 5.57. The number of fused-ring (bicyclic) bond motifs is 1. The van der Waals surface area contributed by atoms with Crippen LogP contribution < -0.4 is 0 Å². The summed E-state index contributed by atoms with van der Waals surface area (Å²) in [6.07, 6.45) is 0.467. The third-order valence-electron chi connectivity index (χ3n) is 3.05. The van der Waals surface area contributed by atoms with Crippen molar-refractivity contribution in [3.05, 3.63) is 41.5 Å².